The first-order valence-corrected chi connectivity index (χ1v) is 11.5. The highest BCUT2D eigenvalue weighted by molar-refractivity contribution is 6.35. The number of nitrogens with zero attached hydrogens (tertiary/aromatic N) is 1. The number of H-pyrrole nitrogens is 1. The zero-order valence-corrected chi connectivity index (χ0v) is 18.8. The monoisotopic (exact) mass is 460 g/mol. The largest absolute Gasteiger partial charge is 0.457 e. The second-order valence-electron chi connectivity index (χ2n) is 8.43. The molecule has 0 spiro atoms. The lowest BCUT2D eigenvalue weighted by Gasteiger charge is -2.28. The number of aromatic nitrogens is 2. The van der Waals surface area contributed by atoms with Crippen LogP contribution < -0.4 is 15.8 Å². The SMILES string of the molecule is N[C@H]1CC[C@@H](Nc2ccnc3[nH]cc(C(=O)c4ccc(Oc5ccccc5)cc4Cl)c23)CC1. The van der Waals surface area contributed by atoms with Crippen molar-refractivity contribution in [3.8, 4) is 11.5 Å². The fourth-order valence-corrected chi connectivity index (χ4v) is 4.61. The molecule has 0 bridgehead atoms. The van der Waals surface area contributed by atoms with E-state index in [1.807, 2.05) is 36.4 Å². The van der Waals surface area contributed by atoms with Gasteiger partial charge in [-0.3, -0.25) is 4.79 Å². The van der Waals surface area contributed by atoms with Gasteiger partial charge in [-0.25, -0.2) is 4.98 Å². The molecule has 4 aromatic rings. The van der Waals surface area contributed by atoms with Gasteiger partial charge in [-0.1, -0.05) is 29.8 Å². The van der Waals surface area contributed by atoms with Gasteiger partial charge in [0.15, 0.2) is 5.78 Å². The third kappa shape index (κ3) is 4.58. The quantitative estimate of drug-likeness (QED) is 0.310. The van der Waals surface area contributed by atoms with Crippen molar-refractivity contribution in [1.29, 1.82) is 0 Å². The van der Waals surface area contributed by atoms with E-state index in [-0.39, 0.29) is 11.8 Å². The highest BCUT2D eigenvalue weighted by Gasteiger charge is 2.23. The molecule has 5 rings (SSSR count). The highest BCUT2D eigenvalue weighted by Crippen LogP contribution is 2.33. The predicted octanol–water partition coefficient (Wildman–Crippen LogP) is 5.92. The summed E-state index contributed by atoms with van der Waals surface area (Å²) in [7, 11) is 0. The number of ether oxygens (including phenoxy) is 1. The summed E-state index contributed by atoms with van der Waals surface area (Å²) < 4.78 is 5.84. The number of nitrogens with one attached hydrogen (secondary N) is 2. The molecule has 0 amide bonds. The molecule has 4 N–H and O–H groups in total. The number of pyridine rings is 1. The molecule has 0 aliphatic heterocycles. The van der Waals surface area contributed by atoms with Gasteiger partial charge < -0.3 is 20.8 Å². The summed E-state index contributed by atoms with van der Waals surface area (Å²) in [5.74, 6) is 1.11. The molecule has 2 heterocycles. The normalized spacial score (nSPS) is 18.2. The summed E-state index contributed by atoms with van der Waals surface area (Å²) in [6, 6.07) is 17.1. The van der Waals surface area contributed by atoms with E-state index in [2.05, 4.69) is 15.3 Å². The van der Waals surface area contributed by atoms with Gasteiger partial charge >= 0.3 is 0 Å². The number of carbonyl (C=O) groups excluding carboxylic acids is 1. The minimum Gasteiger partial charge on any atom is -0.457 e. The maximum Gasteiger partial charge on any atom is 0.196 e. The van der Waals surface area contributed by atoms with Gasteiger partial charge in [0.1, 0.15) is 17.1 Å². The Hall–Kier alpha value is -3.35. The number of nitrogens with two attached hydrogens (primary N) is 1. The third-order valence-electron chi connectivity index (χ3n) is 6.11. The fraction of sp³-hybridized carbons (Fsp3) is 0.231. The Morgan fingerprint density at radius 2 is 1.82 bits per heavy atom. The molecular formula is C26H25ClN4O2. The standard InChI is InChI=1S/C26H25ClN4O2/c27-22-14-19(33-18-4-2-1-3-5-18)10-11-20(22)25(32)21-15-30-26-24(21)23(12-13-29-26)31-17-8-6-16(28)7-9-17/h1-5,10-17H,6-9,28H2,(H2,29,30,31)/t16-,17+. The van der Waals surface area contributed by atoms with Crippen LogP contribution in [0.2, 0.25) is 5.02 Å². The average molecular weight is 461 g/mol. The molecule has 1 fully saturated rings. The maximum atomic E-state index is 13.5. The summed E-state index contributed by atoms with van der Waals surface area (Å²) in [6.45, 7) is 0. The molecule has 2 aromatic carbocycles. The van der Waals surface area contributed by atoms with Crippen molar-refractivity contribution in [2.45, 2.75) is 37.8 Å². The van der Waals surface area contributed by atoms with Crippen molar-refractivity contribution >= 4 is 34.1 Å². The van der Waals surface area contributed by atoms with Gasteiger partial charge in [-0.05, 0) is 56.0 Å². The molecule has 0 saturated heterocycles. The molecule has 33 heavy (non-hydrogen) atoms. The number of fused-ring (bicyclic) bond motifs is 1. The van der Waals surface area contributed by atoms with E-state index in [1.54, 1.807) is 30.6 Å². The fourth-order valence-electron chi connectivity index (χ4n) is 4.35. The van der Waals surface area contributed by atoms with E-state index in [4.69, 9.17) is 22.1 Å². The van der Waals surface area contributed by atoms with Crippen LogP contribution in [-0.2, 0) is 0 Å². The molecule has 0 radical (unpaired) electrons. The van der Waals surface area contributed by atoms with E-state index in [0.717, 1.165) is 36.8 Å². The van der Waals surface area contributed by atoms with Crippen LogP contribution in [0.5, 0.6) is 11.5 Å². The van der Waals surface area contributed by atoms with E-state index < -0.39 is 0 Å². The second-order valence-corrected chi connectivity index (χ2v) is 8.83. The summed E-state index contributed by atoms with van der Waals surface area (Å²) in [4.78, 5) is 21.0. The van der Waals surface area contributed by atoms with Crippen LogP contribution in [0.1, 0.15) is 41.6 Å². The summed E-state index contributed by atoms with van der Waals surface area (Å²) in [5.41, 5.74) is 8.56. The molecule has 0 atom stereocenters. The molecule has 1 saturated carbocycles. The zero-order chi connectivity index (χ0) is 22.8. The first-order valence-electron chi connectivity index (χ1n) is 11.1. The van der Waals surface area contributed by atoms with E-state index in [0.29, 0.717) is 39.3 Å². The zero-order valence-electron chi connectivity index (χ0n) is 18.1. The lowest BCUT2D eigenvalue weighted by atomic mass is 9.91. The van der Waals surface area contributed by atoms with Gasteiger partial charge in [-0.2, -0.15) is 0 Å². The Balaban J connectivity index is 1.42. The van der Waals surface area contributed by atoms with Crippen molar-refractivity contribution in [3.63, 3.8) is 0 Å². The summed E-state index contributed by atoms with van der Waals surface area (Å²) in [5, 5.41) is 4.72. The Bertz CT molecular complexity index is 1280. The number of carbonyl (C=O) groups is 1. The number of para-hydroxylation sites is 1. The van der Waals surface area contributed by atoms with E-state index in [1.165, 1.54) is 0 Å². The Morgan fingerprint density at radius 3 is 2.58 bits per heavy atom. The number of rotatable bonds is 6. The number of halogens is 1. The maximum absolute atomic E-state index is 13.5. The van der Waals surface area contributed by atoms with Gasteiger partial charge in [0.25, 0.3) is 0 Å². The predicted molar refractivity (Wildman–Crippen MR) is 131 cm³/mol. The van der Waals surface area contributed by atoms with Gasteiger partial charge in [0, 0.05) is 41.8 Å². The first kappa shape index (κ1) is 21.5. The highest BCUT2D eigenvalue weighted by atomic mass is 35.5. The van der Waals surface area contributed by atoms with Crippen LogP contribution in [0.4, 0.5) is 5.69 Å². The molecule has 168 valence electrons. The Kier molecular flexibility index (Phi) is 6.03. The lowest BCUT2D eigenvalue weighted by Crippen LogP contribution is -2.32. The number of anilines is 1. The number of aromatic amines is 1. The van der Waals surface area contributed by atoms with Crippen LogP contribution in [0, 0.1) is 0 Å². The van der Waals surface area contributed by atoms with Crippen LogP contribution in [-0.4, -0.2) is 27.8 Å². The van der Waals surface area contributed by atoms with Crippen molar-refractivity contribution in [1.82, 2.24) is 9.97 Å². The third-order valence-corrected chi connectivity index (χ3v) is 6.43. The van der Waals surface area contributed by atoms with Crippen LogP contribution in [0.25, 0.3) is 11.0 Å². The molecule has 1 aliphatic carbocycles. The van der Waals surface area contributed by atoms with Crippen LogP contribution >= 0.6 is 11.6 Å². The molecule has 2 aromatic heterocycles. The van der Waals surface area contributed by atoms with Crippen LogP contribution in [0.3, 0.4) is 0 Å². The lowest BCUT2D eigenvalue weighted by molar-refractivity contribution is 0.104. The smallest absolute Gasteiger partial charge is 0.196 e. The van der Waals surface area contributed by atoms with Crippen molar-refractivity contribution in [3.05, 3.63) is 83.1 Å². The summed E-state index contributed by atoms with van der Waals surface area (Å²) >= 11 is 6.51. The van der Waals surface area contributed by atoms with Crippen molar-refractivity contribution in [2.75, 3.05) is 5.32 Å². The summed E-state index contributed by atoms with van der Waals surface area (Å²) in [6.07, 6.45) is 7.45. The molecule has 0 unspecified atom stereocenters. The first-order chi connectivity index (χ1) is 16.1. The topological polar surface area (TPSA) is 93.0 Å². The number of hydrogen-bond donors (Lipinski definition) is 3. The minimum atomic E-state index is -0.167. The molecule has 7 heteroatoms. The molecule has 6 nitrogen and oxygen atoms in total. The average Bonchev–Trinajstić information content (AvgIpc) is 3.26. The second kappa shape index (κ2) is 9.25. The van der Waals surface area contributed by atoms with Crippen LogP contribution in [0.15, 0.2) is 67.0 Å². The van der Waals surface area contributed by atoms with Crippen molar-refractivity contribution in [2.24, 2.45) is 5.73 Å². The van der Waals surface area contributed by atoms with Gasteiger partial charge in [0.2, 0.25) is 0 Å². The Morgan fingerprint density at radius 1 is 1.03 bits per heavy atom. The number of benzene rings is 2. The number of ketones is 1. The Labute approximate surface area is 197 Å². The molecule has 1 aliphatic rings. The van der Waals surface area contributed by atoms with E-state index >= 15 is 0 Å². The molecular weight excluding hydrogens is 436 g/mol. The number of hydrogen-bond acceptors (Lipinski definition) is 5. The van der Waals surface area contributed by atoms with Gasteiger partial charge in [0.05, 0.1) is 16.0 Å². The van der Waals surface area contributed by atoms with Gasteiger partial charge in [-0.15, -0.1) is 0 Å². The van der Waals surface area contributed by atoms with E-state index in [9.17, 15) is 4.79 Å². The minimum absolute atomic E-state index is 0.167. The van der Waals surface area contributed by atoms with Crippen molar-refractivity contribution < 1.29 is 9.53 Å².